The second-order valence-corrected chi connectivity index (χ2v) is 6.42. The van der Waals surface area contributed by atoms with Gasteiger partial charge in [0.25, 0.3) is 5.91 Å². The van der Waals surface area contributed by atoms with Crippen molar-refractivity contribution in [3.8, 4) is 0 Å². The molecule has 3 aromatic rings. The molecule has 114 valence electrons. The molecule has 0 radical (unpaired) electrons. The molecule has 0 aliphatic rings. The number of amides is 1. The summed E-state index contributed by atoms with van der Waals surface area (Å²) in [7, 11) is 1.94. The zero-order chi connectivity index (χ0) is 15.5. The molecule has 1 N–H and O–H groups in total. The normalized spacial score (nSPS) is 10.8. The van der Waals surface area contributed by atoms with E-state index in [0.29, 0.717) is 10.9 Å². The average Bonchev–Trinajstić information content (AvgIpc) is 3.19. The number of carbonyl (C=O) groups is 1. The van der Waals surface area contributed by atoms with Gasteiger partial charge < -0.3 is 8.98 Å². The molecule has 0 bridgehead atoms. The Hall–Kier alpha value is -2.06. The van der Waals surface area contributed by atoms with E-state index >= 15 is 0 Å². The van der Waals surface area contributed by atoms with Gasteiger partial charge in [-0.25, -0.2) is 9.97 Å². The van der Waals surface area contributed by atoms with E-state index in [4.69, 9.17) is 4.42 Å². The predicted molar refractivity (Wildman–Crippen MR) is 86.3 cm³/mol. The molecule has 0 saturated heterocycles. The fourth-order valence-corrected chi connectivity index (χ4v) is 3.28. The topological polar surface area (TPSA) is 73.0 Å². The van der Waals surface area contributed by atoms with Crippen molar-refractivity contribution in [2.24, 2.45) is 7.05 Å². The van der Waals surface area contributed by atoms with Crippen LogP contribution in [0.15, 0.2) is 39.5 Å². The third-order valence-electron chi connectivity index (χ3n) is 2.85. The molecule has 0 fully saturated rings. The Morgan fingerprint density at radius 1 is 1.50 bits per heavy atom. The highest BCUT2D eigenvalue weighted by Gasteiger charge is 2.13. The second kappa shape index (κ2) is 6.37. The Morgan fingerprint density at radius 3 is 3.05 bits per heavy atom. The Kier molecular flexibility index (Phi) is 4.30. The Bertz CT molecular complexity index is 790. The number of furan rings is 1. The van der Waals surface area contributed by atoms with Gasteiger partial charge in [-0.2, -0.15) is 0 Å². The highest BCUT2D eigenvalue weighted by Crippen LogP contribution is 2.22. The second-order valence-electron chi connectivity index (χ2n) is 4.62. The summed E-state index contributed by atoms with van der Waals surface area (Å²) in [5, 5.41) is 6.08. The number of thioether (sulfide) groups is 1. The van der Waals surface area contributed by atoms with Gasteiger partial charge in [-0.3, -0.25) is 10.1 Å². The molecule has 0 aromatic carbocycles. The third kappa shape index (κ3) is 3.40. The minimum atomic E-state index is -0.289. The lowest BCUT2D eigenvalue weighted by atomic mass is 10.4. The van der Waals surface area contributed by atoms with Gasteiger partial charge in [0.05, 0.1) is 11.4 Å². The zero-order valence-corrected chi connectivity index (χ0v) is 13.7. The van der Waals surface area contributed by atoms with Crippen molar-refractivity contribution in [2.75, 3.05) is 5.32 Å². The minimum Gasteiger partial charge on any atom is -0.455 e. The molecular weight excluding hydrogens is 320 g/mol. The monoisotopic (exact) mass is 334 g/mol. The summed E-state index contributed by atoms with van der Waals surface area (Å²) in [4.78, 5) is 20.5. The average molecular weight is 334 g/mol. The number of thiazole rings is 1. The molecule has 3 heterocycles. The summed E-state index contributed by atoms with van der Waals surface area (Å²) < 4.78 is 7.51. The van der Waals surface area contributed by atoms with Gasteiger partial charge in [-0.05, 0) is 19.1 Å². The van der Waals surface area contributed by atoms with Gasteiger partial charge in [-0.1, -0.05) is 11.8 Å². The number of aryl methyl sites for hydroxylation is 2. The van der Waals surface area contributed by atoms with Crippen molar-refractivity contribution in [2.45, 2.75) is 17.8 Å². The molecular formula is C14H14N4O2S2. The SMILES string of the molecule is Cc1csc(NC(=O)c2ccc(CSc3nccn3C)o2)n1. The van der Waals surface area contributed by atoms with Gasteiger partial charge in [0.2, 0.25) is 0 Å². The molecule has 1 amide bonds. The lowest BCUT2D eigenvalue weighted by Gasteiger charge is -2.00. The molecule has 8 heteroatoms. The number of rotatable bonds is 5. The number of nitrogens with one attached hydrogen (secondary N) is 1. The van der Waals surface area contributed by atoms with Crippen molar-refractivity contribution in [1.82, 2.24) is 14.5 Å². The van der Waals surface area contributed by atoms with Crippen LogP contribution in [-0.4, -0.2) is 20.4 Å². The van der Waals surface area contributed by atoms with E-state index in [1.54, 1.807) is 30.1 Å². The van der Waals surface area contributed by atoms with Crippen LogP contribution in [0.4, 0.5) is 5.13 Å². The van der Waals surface area contributed by atoms with Crippen molar-refractivity contribution in [3.05, 3.63) is 47.1 Å². The quantitative estimate of drug-likeness (QED) is 0.725. The Morgan fingerprint density at radius 2 is 2.36 bits per heavy atom. The molecule has 22 heavy (non-hydrogen) atoms. The van der Waals surface area contributed by atoms with E-state index in [9.17, 15) is 4.79 Å². The zero-order valence-electron chi connectivity index (χ0n) is 12.1. The molecule has 0 aliphatic carbocycles. The molecule has 3 rings (SSSR count). The fourth-order valence-electron chi connectivity index (χ4n) is 1.77. The van der Waals surface area contributed by atoms with Gasteiger partial charge in [0.1, 0.15) is 5.76 Å². The summed E-state index contributed by atoms with van der Waals surface area (Å²) in [5.41, 5.74) is 0.881. The molecule has 0 spiro atoms. The minimum absolute atomic E-state index is 0.281. The number of imidazole rings is 1. The van der Waals surface area contributed by atoms with Crippen LogP contribution in [-0.2, 0) is 12.8 Å². The molecule has 0 saturated carbocycles. The number of hydrogen-bond acceptors (Lipinski definition) is 6. The first kappa shape index (κ1) is 14.9. The molecule has 6 nitrogen and oxygen atoms in total. The van der Waals surface area contributed by atoms with Crippen molar-refractivity contribution < 1.29 is 9.21 Å². The number of aromatic nitrogens is 3. The fraction of sp³-hybridized carbons (Fsp3) is 0.214. The summed E-state index contributed by atoms with van der Waals surface area (Å²) in [6.07, 6.45) is 3.64. The summed E-state index contributed by atoms with van der Waals surface area (Å²) >= 11 is 2.94. The number of carbonyl (C=O) groups excluding carboxylic acids is 1. The van der Waals surface area contributed by atoms with Crippen LogP contribution in [0.5, 0.6) is 0 Å². The van der Waals surface area contributed by atoms with E-state index in [1.165, 1.54) is 11.3 Å². The summed E-state index contributed by atoms with van der Waals surface area (Å²) in [5.74, 6) is 1.34. The van der Waals surface area contributed by atoms with Gasteiger partial charge in [-0.15, -0.1) is 11.3 Å². The van der Waals surface area contributed by atoms with Gasteiger partial charge >= 0.3 is 0 Å². The Balaban J connectivity index is 1.60. The maximum absolute atomic E-state index is 12.1. The summed E-state index contributed by atoms with van der Waals surface area (Å²) in [6.45, 7) is 1.88. The van der Waals surface area contributed by atoms with E-state index in [0.717, 1.165) is 16.6 Å². The van der Waals surface area contributed by atoms with Crippen molar-refractivity contribution in [1.29, 1.82) is 0 Å². The van der Waals surface area contributed by atoms with Gasteiger partial charge in [0, 0.05) is 24.8 Å². The standard InChI is InChI=1S/C14H14N4O2S2/c1-9-7-21-13(16-9)17-12(19)11-4-3-10(20-11)8-22-14-15-5-6-18(14)2/h3-7H,8H2,1-2H3,(H,16,17,19). The number of nitrogens with zero attached hydrogens (tertiary/aromatic N) is 3. The van der Waals surface area contributed by atoms with E-state index in [1.807, 2.05) is 30.1 Å². The van der Waals surface area contributed by atoms with Crippen molar-refractivity contribution >= 4 is 34.1 Å². The highest BCUT2D eigenvalue weighted by molar-refractivity contribution is 7.98. The lowest BCUT2D eigenvalue weighted by Crippen LogP contribution is -2.10. The maximum Gasteiger partial charge on any atom is 0.293 e. The van der Waals surface area contributed by atoms with E-state index < -0.39 is 0 Å². The third-order valence-corrected chi connectivity index (χ3v) is 4.80. The number of anilines is 1. The molecule has 0 unspecified atom stereocenters. The molecule has 0 atom stereocenters. The highest BCUT2D eigenvalue weighted by atomic mass is 32.2. The van der Waals surface area contributed by atoms with Crippen LogP contribution in [0.3, 0.4) is 0 Å². The van der Waals surface area contributed by atoms with Gasteiger partial charge in [0.15, 0.2) is 16.0 Å². The van der Waals surface area contributed by atoms with Crippen LogP contribution < -0.4 is 5.32 Å². The first-order valence-electron chi connectivity index (χ1n) is 6.54. The van der Waals surface area contributed by atoms with E-state index in [2.05, 4.69) is 15.3 Å². The number of hydrogen-bond donors (Lipinski definition) is 1. The van der Waals surface area contributed by atoms with Crippen LogP contribution in [0.2, 0.25) is 0 Å². The maximum atomic E-state index is 12.1. The largest absolute Gasteiger partial charge is 0.455 e. The first-order chi connectivity index (χ1) is 10.6. The van der Waals surface area contributed by atoms with Crippen LogP contribution in [0, 0.1) is 6.92 Å². The molecule has 3 aromatic heterocycles. The van der Waals surface area contributed by atoms with Crippen molar-refractivity contribution in [3.63, 3.8) is 0 Å². The van der Waals surface area contributed by atoms with E-state index in [-0.39, 0.29) is 11.7 Å². The first-order valence-corrected chi connectivity index (χ1v) is 8.40. The van der Waals surface area contributed by atoms with Crippen LogP contribution in [0.25, 0.3) is 0 Å². The lowest BCUT2D eigenvalue weighted by molar-refractivity contribution is 0.0995. The molecule has 0 aliphatic heterocycles. The Labute approximate surface area is 135 Å². The van der Waals surface area contributed by atoms with Crippen LogP contribution in [0.1, 0.15) is 22.0 Å². The smallest absolute Gasteiger partial charge is 0.293 e. The summed E-state index contributed by atoms with van der Waals surface area (Å²) in [6, 6.07) is 3.47. The van der Waals surface area contributed by atoms with Crippen LogP contribution >= 0.6 is 23.1 Å². The predicted octanol–water partition coefficient (Wildman–Crippen LogP) is 3.32.